The third kappa shape index (κ3) is 11.5. The number of ether oxygens (including phenoxy) is 1. The summed E-state index contributed by atoms with van der Waals surface area (Å²) < 4.78 is 5.45. The van der Waals surface area contributed by atoms with Gasteiger partial charge in [0, 0.05) is 25.9 Å². The number of rotatable bonds is 13. The van der Waals surface area contributed by atoms with Gasteiger partial charge in [0.05, 0.1) is 5.54 Å². The van der Waals surface area contributed by atoms with Crippen LogP contribution in [0.3, 0.4) is 0 Å². The van der Waals surface area contributed by atoms with E-state index in [1.54, 1.807) is 59.7 Å². The van der Waals surface area contributed by atoms with Crippen molar-refractivity contribution in [3.05, 3.63) is 100 Å². The van der Waals surface area contributed by atoms with Crippen LogP contribution in [0.2, 0.25) is 0 Å². The third-order valence-corrected chi connectivity index (χ3v) is 8.20. The Kier molecular flexibility index (Phi) is 12.8. The molecule has 5 N–H and O–H groups in total. The summed E-state index contributed by atoms with van der Waals surface area (Å²) in [6, 6.07) is 17.8. The number of hydrogen-bond acceptors (Lipinski definition) is 6. The molecule has 0 aliphatic heterocycles. The maximum atomic E-state index is 13.8. The number of phenols is 1. The lowest BCUT2D eigenvalue weighted by atomic mass is 9.92. The van der Waals surface area contributed by atoms with Gasteiger partial charge < -0.3 is 30.9 Å². The van der Waals surface area contributed by atoms with E-state index in [9.17, 15) is 29.4 Å². The van der Waals surface area contributed by atoms with Gasteiger partial charge in [0.15, 0.2) is 0 Å². The summed E-state index contributed by atoms with van der Waals surface area (Å²) in [6.45, 7) is 14.1. The molecule has 0 aliphatic carbocycles. The monoisotopic (exact) mass is 674 g/mol. The second-order valence-electron chi connectivity index (χ2n) is 14.0. The topological polar surface area (TPSA) is 157 Å². The van der Waals surface area contributed by atoms with Crippen molar-refractivity contribution in [1.29, 1.82) is 0 Å². The molecule has 0 saturated carbocycles. The van der Waals surface area contributed by atoms with E-state index in [2.05, 4.69) is 16.0 Å². The Morgan fingerprint density at radius 2 is 1.39 bits per heavy atom. The van der Waals surface area contributed by atoms with Crippen LogP contribution in [-0.4, -0.2) is 68.9 Å². The quantitative estimate of drug-likeness (QED) is 0.159. The summed E-state index contributed by atoms with van der Waals surface area (Å²) in [5, 5.41) is 29.0. The largest absolute Gasteiger partial charge is 0.508 e. The van der Waals surface area contributed by atoms with E-state index in [4.69, 9.17) is 4.74 Å². The molecule has 4 amide bonds. The SMILES string of the molecule is Cc1cc(O)c(C)c(C)c1CC(NC(=O)OC(C)(C)C)C(=O)NC(C)(C)CNC(=O)[C@H](Cc1ccccc1)N(Cc1ccccc1)C(=O)O. The first-order valence-corrected chi connectivity index (χ1v) is 16.3. The Bertz CT molecular complexity index is 1620. The molecule has 2 atom stereocenters. The standard InChI is InChI=1S/C38H50N4O7/c1-24-19-32(43)26(3)25(2)29(24)21-30(40-35(46)49-37(4,5)6)33(44)41-38(7,8)23-39-34(45)31(20-27-15-11-9-12-16-27)42(36(47)48)22-28-17-13-10-14-18-28/h9-19,30-31,43H,20-23H2,1-8H3,(H,39,45)(H,40,46)(H,41,44)(H,47,48)/t30?,31-/m0/s1. The number of carboxylic acid groups (broad SMARTS) is 1. The lowest BCUT2D eigenvalue weighted by Crippen LogP contribution is -2.59. The van der Waals surface area contributed by atoms with E-state index in [0.717, 1.165) is 32.7 Å². The molecule has 0 spiro atoms. The van der Waals surface area contributed by atoms with Crippen molar-refractivity contribution in [2.24, 2.45) is 0 Å². The Morgan fingerprint density at radius 1 is 0.816 bits per heavy atom. The van der Waals surface area contributed by atoms with Crippen molar-refractivity contribution in [3.63, 3.8) is 0 Å². The van der Waals surface area contributed by atoms with Crippen molar-refractivity contribution >= 4 is 24.0 Å². The fourth-order valence-corrected chi connectivity index (χ4v) is 5.46. The molecule has 264 valence electrons. The number of carbonyl (C=O) groups excluding carboxylic acids is 3. The first-order chi connectivity index (χ1) is 22.9. The predicted octanol–water partition coefficient (Wildman–Crippen LogP) is 5.56. The zero-order chi connectivity index (χ0) is 36.5. The fourth-order valence-electron chi connectivity index (χ4n) is 5.46. The first-order valence-electron chi connectivity index (χ1n) is 16.3. The van der Waals surface area contributed by atoms with Crippen LogP contribution in [0.15, 0.2) is 66.7 Å². The minimum Gasteiger partial charge on any atom is -0.508 e. The molecule has 11 nitrogen and oxygen atoms in total. The Morgan fingerprint density at radius 3 is 1.94 bits per heavy atom. The number of nitrogens with zero attached hydrogens (tertiary/aromatic N) is 1. The zero-order valence-electron chi connectivity index (χ0n) is 29.7. The number of aromatic hydroxyl groups is 1. The van der Waals surface area contributed by atoms with Gasteiger partial charge in [-0.25, -0.2) is 9.59 Å². The highest BCUT2D eigenvalue weighted by atomic mass is 16.6. The Hall–Kier alpha value is -5.06. The van der Waals surface area contributed by atoms with Gasteiger partial charge in [0.2, 0.25) is 11.8 Å². The van der Waals surface area contributed by atoms with E-state index >= 15 is 0 Å². The number of phenolic OH excluding ortho intramolecular Hbond substituents is 1. The average molecular weight is 675 g/mol. The zero-order valence-corrected chi connectivity index (χ0v) is 29.7. The fraction of sp³-hybridized carbons (Fsp3) is 0.421. The second-order valence-corrected chi connectivity index (χ2v) is 14.0. The van der Waals surface area contributed by atoms with Gasteiger partial charge in [-0.15, -0.1) is 0 Å². The molecule has 0 heterocycles. The number of benzene rings is 3. The van der Waals surface area contributed by atoms with E-state index < -0.39 is 47.2 Å². The highest BCUT2D eigenvalue weighted by Gasteiger charge is 2.34. The molecule has 1 unspecified atom stereocenters. The van der Waals surface area contributed by atoms with Crippen LogP contribution in [0.4, 0.5) is 9.59 Å². The molecular weight excluding hydrogens is 624 g/mol. The minimum atomic E-state index is -1.24. The smallest absolute Gasteiger partial charge is 0.408 e. The molecule has 11 heteroatoms. The number of carbonyl (C=O) groups is 4. The summed E-state index contributed by atoms with van der Waals surface area (Å²) in [5.74, 6) is -0.877. The molecule has 3 aromatic carbocycles. The van der Waals surface area contributed by atoms with Crippen molar-refractivity contribution in [2.45, 2.75) is 98.0 Å². The van der Waals surface area contributed by atoms with Gasteiger partial charge in [-0.3, -0.25) is 14.5 Å². The van der Waals surface area contributed by atoms with Crippen molar-refractivity contribution in [3.8, 4) is 5.75 Å². The highest BCUT2D eigenvalue weighted by Crippen LogP contribution is 2.28. The lowest BCUT2D eigenvalue weighted by Gasteiger charge is -2.33. The lowest BCUT2D eigenvalue weighted by molar-refractivity contribution is -0.128. The van der Waals surface area contributed by atoms with E-state index in [1.807, 2.05) is 62.4 Å². The molecule has 49 heavy (non-hydrogen) atoms. The van der Waals surface area contributed by atoms with Gasteiger partial charge in [0.25, 0.3) is 0 Å². The summed E-state index contributed by atoms with van der Waals surface area (Å²) in [6.07, 6.45) is -1.73. The number of alkyl carbamates (subject to hydrolysis) is 1. The Labute approximate surface area is 289 Å². The van der Waals surface area contributed by atoms with Crippen molar-refractivity contribution in [2.75, 3.05) is 6.54 Å². The molecule has 0 aliphatic rings. The van der Waals surface area contributed by atoms with Crippen molar-refractivity contribution < 1.29 is 34.1 Å². The Balaban J connectivity index is 1.82. The van der Waals surface area contributed by atoms with Gasteiger partial charge in [-0.05, 0) is 94.8 Å². The maximum absolute atomic E-state index is 13.8. The number of nitrogens with one attached hydrogen (secondary N) is 3. The summed E-state index contributed by atoms with van der Waals surface area (Å²) in [4.78, 5) is 54.1. The number of hydrogen-bond donors (Lipinski definition) is 5. The number of aryl methyl sites for hydroxylation is 1. The van der Waals surface area contributed by atoms with Crippen LogP contribution in [-0.2, 0) is 33.7 Å². The normalized spacial score (nSPS) is 12.7. The average Bonchev–Trinajstić information content (AvgIpc) is 3.01. The van der Waals surface area contributed by atoms with E-state index in [-0.39, 0.29) is 31.7 Å². The molecule has 0 radical (unpaired) electrons. The summed E-state index contributed by atoms with van der Waals surface area (Å²) >= 11 is 0. The highest BCUT2D eigenvalue weighted by molar-refractivity contribution is 5.87. The van der Waals surface area contributed by atoms with Crippen LogP contribution in [0.5, 0.6) is 5.75 Å². The van der Waals surface area contributed by atoms with Crippen LogP contribution in [0.25, 0.3) is 0 Å². The molecule has 3 rings (SSSR count). The van der Waals surface area contributed by atoms with Crippen molar-refractivity contribution in [1.82, 2.24) is 20.9 Å². The molecule has 0 bridgehead atoms. The molecule has 0 saturated heterocycles. The first kappa shape index (κ1) is 38.4. The molecule has 3 aromatic rings. The summed E-state index contributed by atoms with van der Waals surface area (Å²) in [5.41, 5.74) is 2.76. The van der Waals surface area contributed by atoms with Gasteiger partial charge >= 0.3 is 12.2 Å². The van der Waals surface area contributed by atoms with Crippen LogP contribution in [0, 0.1) is 20.8 Å². The van der Waals surface area contributed by atoms with Gasteiger partial charge in [-0.1, -0.05) is 60.7 Å². The maximum Gasteiger partial charge on any atom is 0.408 e. The van der Waals surface area contributed by atoms with E-state index in [1.165, 1.54) is 0 Å². The van der Waals surface area contributed by atoms with Gasteiger partial charge in [0.1, 0.15) is 23.4 Å². The van der Waals surface area contributed by atoms with Crippen LogP contribution >= 0.6 is 0 Å². The molecule has 0 aromatic heterocycles. The van der Waals surface area contributed by atoms with Crippen LogP contribution in [0.1, 0.15) is 68.0 Å². The van der Waals surface area contributed by atoms with Crippen LogP contribution < -0.4 is 16.0 Å². The minimum absolute atomic E-state index is 0.00874. The second kappa shape index (κ2) is 16.4. The predicted molar refractivity (Wildman–Crippen MR) is 188 cm³/mol. The summed E-state index contributed by atoms with van der Waals surface area (Å²) in [7, 11) is 0. The molecular formula is C38H50N4O7. The third-order valence-electron chi connectivity index (χ3n) is 8.20. The molecule has 0 fully saturated rings. The van der Waals surface area contributed by atoms with Gasteiger partial charge in [-0.2, -0.15) is 0 Å². The number of amides is 4. The van der Waals surface area contributed by atoms with E-state index in [0.29, 0.717) is 5.56 Å².